The summed E-state index contributed by atoms with van der Waals surface area (Å²) in [5, 5.41) is 10.6. The van der Waals surface area contributed by atoms with E-state index < -0.39 is 0 Å². The van der Waals surface area contributed by atoms with Gasteiger partial charge in [-0.3, -0.25) is 4.79 Å². The fourth-order valence-electron chi connectivity index (χ4n) is 2.47. The number of nitrogens with zero attached hydrogens (tertiary/aromatic N) is 2. The summed E-state index contributed by atoms with van der Waals surface area (Å²) in [6.07, 6.45) is 2.66. The molecule has 2 aromatic rings. The number of amides is 1. The molecule has 23 heavy (non-hydrogen) atoms. The SMILES string of the molecule is Cl.O=C(CC1CCCN1)NCc1nc(-c2cccc(Cl)c2)no1. The van der Waals surface area contributed by atoms with Crippen LogP contribution >= 0.6 is 24.0 Å². The lowest BCUT2D eigenvalue weighted by atomic mass is 10.1. The van der Waals surface area contributed by atoms with E-state index in [1.165, 1.54) is 0 Å². The van der Waals surface area contributed by atoms with Gasteiger partial charge in [0.15, 0.2) is 0 Å². The summed E-state index contributed by atoms with van der Waals surface area (Å²) in [6, 6.07) is 7.50. The van der Waals surface area contributed by atoms with Crippen molar-refractivity contribution >= 4 is 29.9 Å². The number of hydrogen-bond donors (Lipinski definition) is 2. The van der Waals surface area contributed by atoms with Crippen molar-refractivity contribution < 1.29 is 9.32 Å². The molecule has 1 saturated heterocycles. The highest BCUT2D eigenvalue weighted by Gasteiger charge is 2.18. The number of hydrogen-bond acceptors (Lipinski definition) is 5. The molecule has 1 aromatic carbocycles. The molecule has 0 radical (unpaired) electrons. The Bertz CT molecular complexity index is 656. The van der Waals surface area contributed by atoms with E-state index in [9.17, 15) is 4.79 Å². The Kier molecular flexibility index (Phi) is 6.38. The van der Waals surface area contributed by atoms with Gasteiger partial charge >= 0.3 is 0 Å². The number of halogens is 2. The van der Waals surface area contributed by atoms with Gasteiger partial charge in [0.25, 0.3) is 0 Å². The first-order valence-electron chi connectivity index (χ1n) is 7.29. The zero-order chi connectivity index (χ0) is 15.4. The van der Waals surface area contributed by atoms with Crippen molar-refractivity contribution in [2.24, 2.45) is 0 Å². The van der Waals surface area contributed by atoms with E-state index >= 15 is 0 Å². The number of nitrogens with one attached hydrogen (secondary N) is 2. The van der Waals surface area contributed by atoms with E-state index in [4.69, 9.17) is 16.1 Å². The molecule has 0 bridgehead atoms. The fraction of sp³-hybridized carbons (Fsp3) is 0.400. The molecule has 0 saturated carbocycles. The van der Waals surface area contributed by atoms with Crippen LogP contribution in [0.5, 0.6) is 0 Å². The summed E-state index contributed by atoms with van der Waals surface area (Å²) in [5.74, 6) is 0.828. The standard InChI is InChI=1S/C15H17ClN4O2.ClH/c16-11-4-1-3-10(7-11)15-19-14(22-20-15)9-18-13(21)8-12-5-2-6-17-12;/h1,3-4,7,12,17H,2,5-6,8-9H2,(H,18,21);1H. The predicted molar refractivity (Wildman–Crippen MR) is 89.5 cm³/mol. The van der Waals surface area contributed by atoms with Crippen molar-refractivity contribution in [3.05, 3.63) is 35.2 Å². The molecular formula is C15H18Cl2N4O2. The van der Waals surface area contributed by atoms with E-state index in [-0.39, 0.29) is 30.9 Å². The molecule has 1 amide bonds. The largest absolute Gasteiger partial charge is 0.347 e. The molecule has 1 aliphatic rings. The van der Waals surface area contributed by atoms with Gasteiger partial charge in [-0.25, -0.2) is 0 Å². The van der Waals surface area contributed by atoms with Gasteiger partial charge in [0, 0.05) is 23.0 Å². The van der Waals surface area contributed by atoms with Gasteiger partial charge in [0.2, 0.25) is 17.6 Å². The number of rotatable bonds is 5. The van der Waals surface area contributed by atoms with Crippen LogP contribution in [-0.4, -0.2) is 28.6 Å². The van der Waals surface area contributed by atoms with E-state index in [1.54, 1.807) is 12.1 Å². The molecule has 1 aromatic heterocycles. The van der Waals surface area contributed by atoms with Crippen molar-refractivity contribution in [3.8, 4) is 11.4 Å². The molecule has 0 spiro atoms. The van der Waals surface area contributed by atoms with Gasteiger partial charge in [-0.15, -0.1) is 12.4 Å². The van der Waals surface area contributed by atoms with Crippen LogP contribution in [-0.2, 0) is 11.3 Å². The third kappa shape index (κ3) is 4.92. The van der Waals surface area contributed by atoms with E-state index in [1.807, 2.05) is 12.1 Å². The quantitative estimate of drug-likeness (QED) is 0.860. The summed E-state index contributed by atoms with van der Waals surface area (Å²) in [7, 11) is 0. The molecular weight excluding hydrogens is 339 g/mol. The van der Waals surface area contributed by atoms with Gasteiger partial charge < -0.3 is 15.2 Å². The molecule has 3 rings (SSSR count). The monoisotopic (exact) mass is 356 g/mol. The van der Waals surface area contributed by atoms with Crippen molar-refractivity contribution in [2.45, 2.75) is 31.8 Å². The molecule has 1 fully saturated rings. The van der Waals surface area contributed by atoms with Gasteiger partial charge in [0.05, 0.1) is 6.54 Å². The summed E-state index contributed by atoms with van der Waals surface area (Å²) < 4.78 is 5.14. The first kappa shape index (κ1) is 17.7. The Labute approximate surface area is 145 Å². The Balaban J connectivity index is 0.00000192. The lowest BCUT2D eigenvalue weighted by molar-refractivity contribution is -0.121. The second-order valence-electron chi connectivity index (χ2n) is 5.30. The van der Waals surface area contributed by atoms with Crippen LogP contribution in [0.15, 0.2) is 28.8 Å². The number of benzene rings is 1. The molecule has 8 heteroatoms. The van der Waals surface area contributed by atoms with Gasteiger partial charge in [-0.1, -0.05) is 28.9 Å². The third-order valence-corrected chi connectivity index (χ3v) is 3.82. The van der Waals surface area contributed by atoms with Gasteiger partial charge in [-0.2, -0.15) is 4.98 Å². The molecule has 1 atom stereocenters. The summed E-state index contributed by atoms with van der Waals surface area (Å²) in [5.41, 5.74) is 0.781. The molecule has 1 unspecified atom stereocenters. The van der Waals surface area contributed by atoms with Crippen LogP contribution in [0.1, 0.15) is 25.2 Å². The highest BCUT2D eigenvalue weighted by Crippen LogP contribution is 2.19. The lowest BCUT2D eigenvalue weighted by Crippen LogP contribution is -2.31. The maximum Gasteiger partial charge on any atom is 0.246 e. The first-order valence-corrected chi connectivity index (χ1v) is 7.67. The minimum atomic E-state index is -0.0121. The summed E-state index contributed by atoms with van der Waals surface area (Å²) in [4.78, 5) is 16.1. The lowest BCUT2D eigenvalue weighted by Gasteiger charge is -2.08. The van der Waals surface area contributed by atoms with Crippen molar-refractivity contribution in [2.75, 3.05) is 6.54 Å². The molecule has 2 heterocycles. The average molecular weight is 357 g/mol. The van der Waals surface area contributed by atoms with Crippen molar-refractivity contribution in [3.63, 3.8) is 0 Å². The molecule has 2 N–H and O–H groups in total. The van der Waals surface area contributed by atoms with Crippen molar-refractivity contribution in [1.29, 1.82) is 0 Å². The summed E-state index contributed by atoms with van der Waals surface area (Å²) >= 11 is 5.94. The van der Waals surface area contributed by atoms with Gasteiger partial charge in [-0.05, 0) is 31.5 Å². The van der Waals surface area contributed by atoms with Crippen LogP contribution < -0.4 is 10.6 Å². The predicted octanol–water partition coefficient (Wildman–Crippen LogP) is 2.57. The average Bonchev–Trinajstić information content (AvgIpc) is 3.16. The minimum absolute atomic E-state index is 0. The second kappa shape index (κ2) is 8.29. The Hall–Kier alpha value is -1.63. The highest BCUT2D eigenvalue weighted by atomic mass is 35.5. The zero-order valence-corrected chi connectivity index (χ0v) is 14.0. The molecule has 124 valence electrons. The maximum atomic E-state index is 11.8. The van der Waals surface area contributed by atoms with E-state index in [0.717, 1.165) is 24.9 Å². The third-order valence-electron chi connectivity index (χ3n) is 3.58. The Morgan fingerprint density at radius 1 is 1.48 bits per heavy atom. The highest BCUT2D eigenvalue weighted by molar-refractivity contribution is 6.30. The van der Waals surface area contributed by atoms with Crippen LogP contribution in [0.4, 0.5) is 0 Å². The second-order valence-corrected chi connectivity index (χ2v) is 5.73. The van der Waals surface area contributed by atoms with Crippen molar-refractivity contribution in [1.82, 2.24) is 20.8 Å². The molecule has 0 aliphatic carbocycles. The summed E-state index contributed by atoms with van der Waals surface area (Å²) in [6.45, 7) is 1.23. The smallest absolute Gasteiger partial charge is 0.246 e. The van der Waals surface area contributed by atoms with E-state index in [0.29, 0.717) is 23.2 Å². The van der Waals surface area contributed by atoms with Crippen LogP contribution in [0.3, 0.4) is 0 Å². The Morgan fingerprint density at radius 3 is 3.09 bits per heavy atom. The maximum absolute atomic E-state index is 11.8. The number of carbonyl (C=O) groups is 1. The Morgan fingerprint density at radius 2 is 2.35 bits per heavy atom. The van der Waals surface area contributed by atoms with E-state index in [2.05, 4.69) is 20.8 Å². The minimum Gasteiger partial charge on any atom is -0.347 e. The van der Waals surface area contributed by atoms with Crippen LogP contribution in [0.2, 0.25) is 5.02 Å². The zero-order valence-electron chi connectivity index (χ0n) is 12.4. The molecule has 6 nitrogen and oxygen atoms in total. The van der Waals surface area contributed by atoms with Crippen LogP contribution in [0, 0.1) is 0 Å². The number of carbonyl (C=O) groups excluding carboxylic acids is 1. The molecule has 1 aliphatic heterocycles. The number of aromatic nitrogens is 2. The normalized spacial score (nSPS) is 16.8. The van der Waals surface area contributed by atoms with Crippen LogP contribution in [0.25, 0.3) is 11.4 Å². The van der Waals surface area contributed by atoms with Gasteiger partial charge in [0.1, 0.15) is 0 Å². The first-order chi connectivity index (χ1) is 10.7. The topological polar surface area (TPSA) is 80.0 Å². The fourth-order valence-corrected chi connectivity index (χ4v) is 2.66.